The fourth-order valence-corrected chi connectivity index (χ4v) is 10.9. The quantitative estimate of drug-likeness (QED) is 0.103. The van der Waals surface area contributed by atoms with Crippen molar-refractivity contribution in [1.29, 1.82) is 0 Å². The molecule has 8 amide bonds. The second kappa shape index (κ2) is 24.1. The Hall–Kier alpha value is -6.66. The number of likely N-dealkylation sites (tertiary alicyclic amines) is 2. The molecular weight excluding hydrogens is 965 g/mol. The van der Waals surface area contributed by atoms with E-state index in [0.29, 0.717) is 0 Å². The first-order valence-corrected chi connectivity index (χ1v) is 27.0. The van der Waals surface area contributed by atoms with E-state index in [-0.39, 0.29) is 72.8 Å². The topological polar surface area (TPSA) is 239 Å². The Morgan fingerprint density at radius 3 is 1.21 bits per heavy atom. The van der Waals surface area contributed by atoms with Crippen molar-refractivity contribution < 1.29 is 38.4 Å². The number of carbonyl (C=O) groups excluding carboxylic acids is 8. The maximum absolute atomic E-state index is 14.6. The highest BCUT2D eigenvalue weighted by Gasteiger charge is 2.48. The number of fused-ring (bicyclic) bond motifs is 2. The molecule has 410 valence electrons. The van der Waals surface area contributed by atoms with Crippen LogP contribution in [-0.2, 0) is 41.6 Å². The van der Waals surface area contributed by atoms with Gasteiger partial charge in [0.2, 0.25) is 35.4 Å². The SMILES string of the molecule is CN[C@@H](C)C(=O)N[C@H](C(=O)N1C[C@@H](NC(=O)c2ccc(C(=O)N[C@H]3C[C@@H](C(=O)N[C@@H]4CCCc5ccccc54)N(C(=O)[C@@H](NC(=O)[C@H](C)NC)C(C)(C)C)C3)cc2)C[C@H]1C(=O)NC1CCCc2ccccc21)C(C)(C)C. The molecule has 18 nitrogen and oxygen atoms in total. The molecule has 2 saturated heterocycles. The van der Waals surface area contributed by atoms with Crippen LogP contribution in [0.3, 0.4) is 0 Å². The molecule has 10 atom stereocenters. The summed E-state index contributed by atoms with van der Waals surface area (Å²) in [6, 6.07) is 15.3. The van der Waals surface area contributed by atoms with E-state index in [0.717, 1.165) is 49.7 Å². The summed E-state index contributed by atoms with van der Waals surface area (Å²) in [5.41, 5.74) is 3.44. The van der Waals surface area contributed by atoms with Gasteiger partial charge in [-0.1, -0.05) is 90.1 Å². The molecule has 18 heteroatoms. The van der Waals surface area contributed by atoms with Crippen LogP contribution in [0.2, 0.25) is 0 Å². The molecule has 7 rings (SSSR count). The normalized spacial score (nSPS) is 22.9. The van der Waals surface area contributed by atoms with Gasteiger partial charge in [0.1, 0.15) is 24.2 Å². The standard InChI is InChI=1S/C58H80N10O8/c1-33(59-9)49(69)65-47(57(3,4)5)55(75)67-31-39(29-45(67)53(73)63-43-23-15-19-35-17-11-13-21-41(35)43)61-51(71)37-25-27-38(28-26-37)52(72)62-40-30-46(54(74)64-44-24-16-20-36-18-12-14-22-42(36)44)68(32-40)56(76)48(58(6,7)8)66-50(70)34(2)60-10/h11-14,17-18,21-22,25-28,33-34,39-40,43-48,59-60H,15-16,19-20,23-24,29-32H2,1-10H3,(H,61,71)(H,62,72)(H,63,73)(H,64,74)(H,65,69)(H,66,70)/t33-,34-,39-,40-,43+,44?,45-,46-,47+,48+/m0/s1. The number of benzene rings is 3. The highest BCUT2D eigenvalue weighted by Crippen LogP contribution is 2.34. The molecule has 0 aromatic heterocycles. The summed E-state index contributed by atoms with van der Waals surface area (Å²) in [5.74, 6) is -3.23. The number of carbonyl (C=O) groups is 8. The lowest BCUT2D eigenvalue weighted by atomic mass is 9.85. The molecule has 2 aliphatic heterocycles. The Kier molecular flexibility index (Phi) is 18.1. The van der Waals surface area contributed by atoms with Crippen LogP contribution in [-0.4, -0.2) is 133 Å². The van der Waals surface area contributed by atoms with Gasteiger partial charge in [0, 0.05) is 36.3 Å². The van der Waals surface area contributed by atoms with E-state index in [1.54, 1.807) is 27.9 Å². The number of nitrogens with one attached hydrogen (secondary N) is 8. The molecule has 1 unspecified atom stereocenters. The Bertz CT molecular complexity index is 2470. The van der Waals surface area contributed by atoms with E-state index in [9.17, 15) is 38.4 Å². The molecule has 2 heterocycles. The summed E-state index contributed by atoms with van der Waals surface area (Å²) in [7, 11) is 3.31. The lowest BCUT2D eigenvalue weighted by molar-refractivity contribution is -0.144. The second-order valence-electron chi connectivity index (χ2n) is 23.3. The molecule has 0 radical (unpaired) electrons. The smallest absolute Gasteiger partial charge is 0.251 e. The summed E-state index contributed by atoms with van der Waals surface area (Å²) in [6.07, 6.45) is 5.33. The number of hydrogen-bond donors (Lipinski definition) is 8. The minimum atomic E-state index is -0.981. The van der Waals surface area contributed by atoms with Crippen LogP contribution in [0, 0.1) is 10.8 Å². The van der Waals surface area contributed by atoms with Gasteiger partial charge in [-0.05, 0) is 137 Å². The molecule has 4 aliphatic rings. The first-order valence-electron chi connectivity index (χ1n) is 27.0. The average molecular weight is 1050 g/mol. The third-order valence-electron chi connectivity index (χ3n) is 15.7. The van der Waals surface area contributed by atoms with Gasteiger partial charge in [-0.25, -0.2) is 0 Å². The fourth-order valence-electron chi connectivity index (χ4n) is 10.9. The summed E-state index contributed by atoms with van der Waals surface area (Å²) in [5, 5.41) is 24.1. The first kappa shape index (κ1) is 57.1. The molecule has 8 N–H and O–H groups in total. The van der Waals surface area contributed by atoms with Gasteiger partial charge >= 0.3 is 0 Å². The van der Waals surface area contributed by atoms with Crippen molar-refractivity contribution in [2.75, 3.05) is 27.2 Å². The number of hydrogen-bond acceptors (Lipinski definition) is 10. The summed E-state index contributed by atoms with van der Waals surface area (Å²) >= 11 is 0. The molecule has 0 saturated carbocycles. The van der Waals surface area contributed by atoms with E-state index in [1.165, 1.54) is 45.2 Å². The number of likely N-dealkylation sites (N-methyl/N-ethyl adjacent to an activating group) is 2. The van der Waals surface area contributed by atoms with E-state index >= 15 is 0 Å². The van der Waals surface area contributed by atoms with Gasteiger partial charge in [-0.15, -0.1) is 0 Å². The number of amides is 8. The van der Waals surface area contributed by atoms with Crippen molar-refractivity contribution in [3.63, 3.8) is 0 Å². The minimum Gasteiger partial charge on any atom is -0.347 e. The predicted octanol–water partition coefficient (Wildman–Crippen LogP) is 3.75. The van der Waals surface area contributed by atoms with Crippen molar-refractivity contribution in [3.8, 4) is 0 Å². The van der Waals surface area contributed by atoms with Crippen molar-refractivity contribution in [2.24, 2.45) is 10.8 Å². The van der Waals surface area contributed by atoms with Crippen LogP contribution in [0.5, 0.6) is 0 Å². The van der Waals surface area contributed by atoms with Crippen molar-refractivity contribution in [3.05, 3.63) is 106 Å². The molecular formula is C58H80N10O8. The molecule has 3 aromatic carbocycles. The van der Waals surface area contributed by atoms with Gasteiger partial charge in [0.15, 0.2) is 0 Å². The molecule has 76 heavy (non-hydrogen) atoms. The minimum absolute atomic E-state index is 0.0141. The van der Waals surface area contributed by atoms with Gasteiger partial charge in [0.25, 0.3) is 11.8 Å². The molecule has 2 fully saturated rings. The maximum Gasteiger partial charge on any atom is 0.251 e. The molecule has 2 aliphatic carbocycles. The molecule has 0 bridgehead atoms. The van der Waals surface area contributed by atoms with Crippen LogP contribution < -0.4 is 42.5 Å². The highest BCUT2D eigenvalue weighted by molar-refractivity contribution is 5.99. The van der Waals surface area contributed by atoms with Crippen LogP contribution in [0.1, 0.15) is 149 Å². The zero-order valence-electron chi connectivity index (χ0n) is 45.9. The summed E-state index contributed by atoms with van der Waals surface area (Å²) in [4.78, 5) is 115. The number of nitrogens with zero attached hydrogens (tertiary/aromatic N) is 2. The Labute approximate surface area is 447 Å². The lowest BCUT2D eigenvalue weighted by Crippen LogP contribution is -2.59. The number of rotatable bonds is 16. The van der Waals surface area contributed by atoms with Crippen molar-refractivity contribution in [1.82, 2.24) is 52.3 Å². The van der Waals surface area contributed by atoms with Crippen LogP contribution in [0.15, 0.2) is 72.8 Å². The lowest BCUT2D eigenvalue weighted by Gasteiger charge is -2.36. The van der Waals surface area contributed by atoms with Crippen LogP contribution in [0.4, 0.5) is 0 Å². The summed E-state index contributed by atoms with van der Waals surface area (Å²) in [6.45, 7) is 14.5. The first-order chi connectivity index (χ1) is 36.0. The second-order valence-corrected chi connectivity index (χ2v) is 23.3. The van der Waals surface area contributed by atoms with E-state index < -0.39 is 82.8 Å². The van der Waals surface area contributed by atoms with Crippen molar-refractivity contribution >= 4 is 47.3 Å². The summed E-state index contributed by atoms with van der Waals surface area (Å²) < 4.78 is 0. The van der Waals surface area contributed by atoms with Crippen molar-refractivity contribution in [2.45, 2.75) is 167 Å². The maximum atomic E-state index is 14.6. The largest absolute Gasteiger partial charge is 0.347 e. The predicted molar refractivity (Wildman–Crippen MR) is 290 cm³/mol. The molecule has 0 spiro atoms. The third kappa shape index (κ3) is 13.3. The number of aryl methyl sites for hydroxylation is 2. The third-order valence-corrected chi connectivity index (χ3v) is 15.7. The van der Waals surface area contributed by atoms with Gasteiger partial charge in [-0.3, -0.25) is 38.4 Å². The van der Waals surface area contributed by atoms with Crippen LogP contribution in [0.25, 0.3) is 0 Å². The van der Waals surface area contributed by atoms with E-state index in [2.05, 4.69) is 54.7 Å². The Balaban J connectivity index is 1.06. The van der Waals surface area contributed by atoms with Gasteiger partial charge < -0.3 is 52.3 Å². The monoisotopic (exact) mass is 1040 g/mol. The van der Waals surface area contributed by atoms with E-state index in [4.69, 9.17) is 0 Å². The van der Waals surface area contributed by atoms with Gasteiger partial charge in [0.05, 0.1) is 24.2 Å². The highest BCUT2D eigenvalue weighted by atomic mass is 16.2. The Morgan fingerprint density at radius 1 is 0.513 bits per heavy atom. The van der Waals surface area contributed by atoms with E-state index in [1.807, 2.05) is 77.9 Å². The fraction of sp³-hybridized carbons (Fsp3) is 0.552. The average Bonchev–Trinajstić information content (AvgIpc) is 4.03. The zero-order valence-corrected chi connectivity index (χ0v) is 45.9. The van der Waals surface area contributed by atoms with Crippen LogP contribution >= 0.6 is 0 Å². The van der Waals surface area contributed by atoms with Gasteiger partial charge in [-0.2, -0.15) is 0 Å². The Morgan fingerprint density at radius 2 is 0.868 bits per heavy atom. The molecule has 3 aromatic rings. The zero-order chi connectivity index (χ0) is 55.2.